The molecule has 0 radical (unpaired) electrons. The number of carbonyl (C=O) groups excluding carboxylic acids is 1. The first-order valence-electron chi connectivity index (χ1n) is 4.45. The predicted octanol–water partition coefficient (Wildman–Crippen LogP) is 2.68. The normalized spacial score (nSPS) is 12.5. The summed E-state index contributed by atoms with van der Waals surface area (Å²) in [5.74, 6) is 0.195. The van der Waals surface area contributed by atoms with E-state index in [4.69, 9.17) is 0 Å². The zero-order chi connectivity index (χ0) is 9.84. The van der Waals surface area contributed by atoms with E-state index in [-0.39, 0.29) is 11.9 Å². The molecule has 0 fully saturated rings. The minimum Gasteiger partial charge on any atom is -0.338 e. The SMILES string of the molecule is CCC(=O)N(C)[C@H](C)c1cccs1. The maximum absolute atomic E-state index is 11.4. The highest BCUT2D eigenvalue weighted by molar-refractivity contribution is 7.10. The Morgan fingerprint density at radius 2 is 2.38 bits per heavy atom. The fraction of sp³-hybridized carbons (Fsp3) is 0.500. The van der Waals surface area contributed by atoms with Gasteiger partial charge in [0, 0.05) is 18.3 Å². The molecule has 72 valence electrons. The maximum atomic E-state index is 11.4. The van der Waals surface area contributed by atoms with Crippen LogP contribution in [0.4, 0.5) is 0 Å². The van der Waals surface area contributed by atoms with Crippen LogP contribution in [0.1, 0.15) is 31.2 Å². The van der Waals surface area contributed by atoms with Crippen molar-refractivity contribution in [1.29, 1.82) is 0 Å². The van der Waals surface area contributed by atoms with Crippen molar-refractivity contribution < 1.29 is 4.79 Å². The van der Waals surface area contributed by atoms with Gasteiger partial charge in [0.1, 0.15) is 0 Å². The molecule has 0 aliphatic rings. The molecule has 1 heterocycles. The third-order valence-corrected chi connectivity index (χ3v) is 3.27. The minimum atomic E-state index is 0.195. The molecule has 1 atom stereocenters. The summed E-state index contributed by atoms with van der Waals surface area (Å²) in [6.45, 7) is 3.94. The molecule has 0 aliphatic carbocycles. The molecule has 1 amide bonds. The van der Waals surface area contributed by atoms with E-state index >= 15 is 0 Å². The fourth-order valence-electron chi connectivity index (χ4n) is 1.19. The van der Waals surface area contributed by atoms with Crippen molar-refractivity contribution in [2.75, 3.05) is 7.05 Å². The monoisotopic (exact) mass is 197 g/mol. The van der Waals surface area contributed by atoms with Crippen molar-refractivity contribution in [3.8, 4) is 0 Å². The number of hydrogen-bond donors (Lipinski definition) is 0. The molecule has 2 nitrogen and oxygen atoms in total. The number of thiophene rings is 1. The number of nitrogens with zero attached hydrogens (tertiary/aromatic N) is 1. The third kappa shape index (κ3) is 2.31. The Labute approximate surface area is 83.2 Å². The Morgan fingerprint density at radius 1 is 1.69 bits per heavy atom. The summed E-state index contributed by atoms with van der Waals surface area (Å²) >= 11 is 1.69. The molecule has 0 spiro atoms. The van der Waals surface area contributed by atoms with Crippen LogP contribution in [0.2, 0.25) is 0 Å². The van der Waals surface area contributed by atoms with Crippen molar-refractivity contribution >= 4 is 17.2 Å². The zero-order valence-electron chi connectivity index (χ0n) is 8.28. The van der Waals surface area contributed by atoms with Crippen molar-refractivity contribution in [3.05, 3.63) is 22.4 Å². The number of amides is 1. The first kappa shape index (κ1) is 10.3. The number of carbonyl (C=O) groups is 1. The largest absolute Gasteiger partial charge is 0.338 e. The highest BCUT2D eigenvalue weighted by atomic mass is 32.1. The Balaban J connectivity index is 2.68. The van der Waals surface area contributed by atoms with Gasteiger partial charge in [-0.1, -0.05) is 13.0 Å². The molecule has 3 heteroatoms. The topological polar surface area (TPSA) is 20.3 Å². The van der Waals surface area contributed by atoms with Gasteiger partial charge in [-0.25, -0.2) is 0 Å². The number of rotatable bonds is 3. The standard InChI is InChI=1S/C10H15NOS/c1-4-10(12)11(3)8(2)9-6-5-7-13-9/h5-8H,4H2,1-3H3/t8-/m1/s1. The molecule has 0 saturated heterocycles. The number of hydrogen-bond acceptors (Lipinski definition) is 2. The lowest BCUT2D eigenvalue weighted by Gasteiger charge is -2.23. The highest BCUT2D eigenvalue weighted by Gasteiger charge is 2.15. The van der Waals surface area contributed by atoms with Crippen molar-refractivity contribution in [1.82, 2.24) is 4.90 Å². The molecule has 0 aliphatic heterocycles. The van der Waals surface area contributed by atoms with E-state index in [0.717, 1.165) is 0 Å². The van der Waals surface area contributed by atoms with Gasteiger partial charge >= 0.3 is 0 Å². The fourth-order valence-corrected chi connectivity index (χ4v) is 2.01. The van der Waals surface area contributed by atoms with Crippen LogP contribution in [0.15, 0.2) is 17.5 Å². The molecule has 13 heavy (non-hydrogen) atoms. The molecule has 1 aromatic rings. The second kappa shape index (κ2) is 4.42. The molecule has 1 rings (SSSR count). The molecular weight excluding hydrogens is 182 g/mol. The zero-order valence-corrected chi connectivity index (χ0v) is 9.10. The highest BCUT2D eigenvalue weighted by Crippen LogP contribution is 2.23. The molecule has 0 saturated carbocycles. The third-order valence-electron chi connectivity index (χ3n) is 2.23. The lowest BCUT2D eigenvalue weighted by atomic mass is 10.2. The van der Waals surface area contributed by atoms with Gasteiger partial charge in [-0.2, -0.15) is 0 Å². The minimum absolute atomic E-state index is 0.195. The first-order chi connectivity index (χ1) is 6.16. The molecule has 0 unspecified atom stereocenters. The Hall–Kier alpha value is -0.830. The first-order valence-corrected chi connectivity index (χ1v) is 5.33. The lowest BCUT2D eigenvalue weighted by Crippen LogP contribution is -2.28. The quantitative estimate of drug-likeness (QED) is 0.729. The average molecular weight is 197 g/mol. The molecule has 0 N–H and O–H groups in total. The van der Waals surface area contributed by atoms with E-state index in [9.17, 15) is 4.79 Å². The predicted molar refractivity (Wildman–Crippen MR) is 55.8 cm³/mol. The van der Waals surface area contributed by atoms with E-state index in [0.29, 0.717) is 6.42 Å². The summed E-state index contributed by atoms with van der Waals surface area (Å²) in [6.07, 6.45) is 0.576. The van der Waals surface area contributed by atoms with Crippen molar-refractivity contribution in [2.24, 2.45) is 0 Å². The Bertz CT molecular complexity index is 268. The van der Waals surface area contributed by atoms with E-state index in [1.165, 1.54) is 4.88 Å². The summed E-state index contributed by atoms with van der Waals surface area (Å²) in [6, 6.07) is 4.28. The van der Waals surface area contributed by atoms with Crippen molar-refractivity contribution in [3.63, 3.8) is 0 Å². The van der Waals surface area contributed by atoms with Crippen LogP contribution in [-0.2, 0) is 4.79 Å². The van der Waals surface area contributed by atoms with Gasteiger partial charge in [-0.15, -0.1) is 11.3 Å². The van der Waals surface area contributed by atoms with Crippen LogP contribution in [0, 0.1) is 0 Å². The van der Waals surface area contributed by atoms with E-state index in [1.54, 1.807) is 16.2 Å². The van der Waals surface area contributed by atoms with Gasteiger partial charge in [-0.3, -0.25) is 4.79 Å². The van der Waals surface area contributed by atoms with Gasteiger partial charge in [0.05, 0.1) is 6.04 Å². The Kier molecular flexibility index (Phi) is 3.48. The molecule has 0 bridgehead atoms. The molecule has 0 aromatic carbocycles. The second-order valence-corrected chi connectivity index (χ2v) is 4.03. The summed E-state index contributed by atoms with van der Waals surface area (Å²) in [7, 11) is 1.86. The summed E-state index contributed by atoms with van der Waals surface area (Å²) in [5.41, 5.74) is 0. The van der Waals surface area contributed by atoms with Crippen LogP contribution in [0.5, 0.6) is 0 Å². The molecule has 1 aromatic heterocycles. The van der Waals surface area contributed by atoms with Crippen LogP contribution < -0.4 is 0 Å². The maximum Gasteiger partial charge on any atom is 0.222 e. The van der Waals surface area contributed by atoms with Gasteiger partial charge in [0.25, 0.3) is 0 Å². The van der Waals surface area contributed by atoms with Gasteiger partial charge in [-0.05, 0) is 18.4 Å². The summed E-state index contributed by atoms with van der Waals surface area (Å²) < 4.78 is 0. The second-order valence-electron chi connectivity index (χ2n) is 3.05. The van der Waals surface area contributed by atoms with Crippen molar-refractivity contribution in [2.45, 2.75) is 26.3 Å². The van der Waals surface area contributed by atoms with Gasteiger partial charge in [0.2, 0.25) is 5.91 Å². The summed E-state index contributed by atoms with van der Waals surface area (Å²) in [4.78, 5) is 14.4. The van der Waals surface area contributed by atoms with Crippen LogP contribution in [0.3, 0.4) is 0 Å². The van der Waals surface area contributed by atoms with Crippen LogP contribution >= 0.6 is 11.3 Å². The summed E-state index contributed by atoms with van der Waals surface area (Å²) in [5, 5.41) is 2.04. The van der Waals surface area contributed by atoms with E-state index in [1.807, 2.05) is 25.4 Å². The molecular formula is C10H15NOS. The van der Waals surface area contributed by atoms with E-state index in [2.05, 4.69) is 13.0 Å². The smallest absolute Gasteiger partial charge is 0.222 e. The lowest BCUT2D eigenvalue weighted by molar-refractivity contribution is -0.131. The Morgan fingerprint density at radius 3 is 2.85 bits per heavy atom. The van der Waals surface area contributed by atoms with Crippen LogP contribution in [-0.4, -0.2) is 17.9 Å². The van der Waals surface area contributed by atoms with E-state index < -0.39 is 0 Å². The average Bonchev–Trinajstić information content (AvgIpc) is 2.67. The van der Waals surface area contributed by atoms with Gasteiger partial charge < -0.3 is 4.90 Å². The van der Waals surface area contributed by atoms with Crippen LogP contribution in [0.25, 0.3) is 0 Å². The van der Waals surface area contributed by atoms with Gasteiger partial charge in [0.15, 0.2) is 0 Å².